The molecule has 1 N–H and O–H groups in total. The summed E-state index contributed by atoms with van der Waals surface area (Å²) in [6.07, 6.45) is 6.64. The first kappa shape index (κ1) is 13.6. The number of benzene rings is 1. The molecule has 0 spiro atoms. The lowest BCUT2D eigenvalue weighted by Crippen LogP contribution is -2.41. The Morgan fingerprint density at radius 2 is 2.00 bits per heavy atom. The Hall–Kier alpha value is -1.41. The molecular weight excluding hydrogens is 246 g/mol. The Kier molecular flexibility index (Phi) is 3.09. The van der Waals surface area contributed by atoms with Crippen LogP contribution in [0.2, 0.25) is 0 Å². The number of nitrogens with zero attached hydrogens (tertiary/aromatic N) is 1. The van der Waals surface area contributed by atoms with Gasteiger partial charge in [0.05, 0.1) is 5.60 Å². The van der Waals surface area contributed by atoms with E-state index in [0.717, 1.165) is 35.6 Å². The quantitative estimate of drug-likeness (QED) is 0.838. The predicted octanol–water partition coefficient (Wildman–Crippen LogP) is 4.27. The summed E-state index contributed by atoms with van der Waals surface area (Å²) in [6.45, 7) is 6.78. The molecule has 1 heterocycles. The Morgan fingerprint density at radius 1 is 1.20 bits per heavy atom. The standard InChI is InChI=1S/C18H23NO/c1-13-11-17(2,3)8-9-18(13,20)16-6-4-5-14-7-10-19-12-15(14)16/h4-7,10,12-13,20H,8-9,11H2,1-3H3. The van der Waals surface area contributed by atoms with Gasteiger partial charge in [-0.1, -0.05) is 39.0 Å². The lowest BCUT2D eigenvalue weighted by atomic mass is 9.63. The molecule has 1 saturated carbocycles. The molecule has 0 radical (unpaired) electrons. The summed E-state index contributed by atoms with van der Waals surface area (Å²) in [4.78, 5) is 4.24. The van der Waals surface area contributed by atoms with Crippen molar-refractivity contribution >= 4 is 10.8 Å². The second kappa shape index (κ2) is 4.56. The molecule has 1 aliphatic rings. The van der Waals surface area contributed by atoms with Crippen molar-refractivity contribution in [3.05, 3.63) is 42.2 Å². The van der Waals surface area contributed by atoms with Crippen molar-refractivity contribution in [2.75, 3.05) is 0 Å². The maximum Gasteiger partial charge on any atom is 0.0928 e. The zero-order chi connectivity index (χ0) is 14.4. The molecule has 2 heteroatoms. The van der Waals surface area contributed by atoms with Crippen LogP contribution < -0.4 is 0 Å². The van der Waals surface area contributed by atoms with Gasteiger partial charge < -0.3 is 5.11 Å². The van der Waals surface area contributed by atoms with Crippen LogP contribution in [0.15, 0.2) is 36.7 Å². The molecule has 2 atom stereocenters. The molecule has 106 valence electrons. The van der Waals surface area contributed by atoms with Crippen molar-refractivity contribution in [3.8, 4) is 0 Å². The van der Waals surface area contributed by atoms with Gasteiger partial charge in [-0.15, -0.1) is 0 Å². The van der Waals surface area contributed by atoms with E-state index >= 15 is 0 Å². The largest absolute Gasteiger partial charge is 0.385 e. The number of hydrogen-bond donors (Lipinski definition) is 1. The van der Waals surface area contributed by atoms with Gasteiger partial charge in [-0.25, -0.2) is 0 Å². The summed E-state index contributed by atoms with van der Waals surface area (Å²) in [6, 6.07) is 8.21. The van der Waals surface area contributed by atoms with E-state index in [1.54, 1.807) is 0 Å². The van der Waals surface area contributed by atoms with E-state index < -0.39 is 5.60 Å². The Balaban J connectivity index is 2.10. The molecule has 1 fully saturated rings. The minimum absolute atomic E-state index is 0.261. The maximum atomic E-state index is 11.3. The van der Waals surface area contributed by atoms with Crippen LogP contribution in [0.1, 0.15) is 45.6 Å². The van der Waals surface area contributed by atoms with Crippen molar-refractivity contribution in [2.24, 2.45) is 11.3 Å². The molecule has 0 saturated heterocycles. The molecule has 1 aromatic carbocycles. The monoisotopic (exact) mass is 269 g/mol. The van der Waals surface area contributed by atoms with Gasteiger partial charge in [0.15, 0.2) is 0 Å². The lowest BCUT2D eigenvalue weighted by molar-refractivity contribution is -0.0758. The summed E-state index contributed by atoms with van der Waals surface area (Å²) in [5, 5.41) is 13.6. The smallest absolute Gasteiger partial charge is 0.0928 e. The lowest BCUT2D eigenvalue weighted by Gasteiger charge is -2.45. The van der Waals surface area contributed by atoms with Crippen LogP contribution in [0.4, 0.5) is 0 Å². The third-order valence-corrected chi connectivity index (χ3v) is 5.01. The fraction of sp³-hybridized carbons (Fsp3) is 0.500. The second-order valence-electron chi connectivity index (χ2n) is 7.10. The molecule has 2 nitrogen and oxygen atoms in total. The van der Waals surface area contributed by atoms with Gasteiger partial charge in [-0.2, -0.15) is 0 Å². The normalized spacial score (nSPS) is 29.5. The van der Waals surface area contributed by atoms with Crippen LogP contribution in [-0.4, -0.2) is 10.1 Å². The molecule has 0 amide bonds. The van der Waals surface area contributed by atoms with E-state index in [0.29, 0.717) is 5.41 Å². The van der Waals surface area contributed by atoms with Crippen molar-refractivity contribution in [1.82, 2.24) is 4.98 Å². The number of aliphatic hydroxyl groups is 1. The van der Waals surface area contributed by atoms with Crippen LogP contribution >= 0.6 is 0 Å². The average Bonchev–Trinajstić information content (AvgIpc) is 2.42. The Bertz CT molecular complexity index is 629. The molecule has 2 aromatic rings. The Labute approximate surface area is 120 Å². The third kappa shape index (κ3) is 2.12. The van der Waals surface area contributed by atoms with E-state index in [9.17, 15) is 5.11 Å². The summed E-state index contributed by atoms with van der Waals surface area (Å²) in [5.41, 5.74) is 0.651. The SMILES string of the molecule is CC1CC(C)(C)CCC1(O)c1cccc2ccncc12. The van der Waals surface area contributed by atoms with Gasteiger partial charge in [0, 0.05) is 17.8 Å². The van der Waals surface area contributed by atoms with Gasteiger partial charge in [-0.05, 0) is 47.6 Å². The number of fused-ring (bicyclic) bond motifs is 1. The molecule has 0 bridgehead atoms. The zero-order valence-electron chi connectivity index (χ0n) is 12.6. The van der Waals surface area contributed by atoms with Crippen LogP contribution in [0.25, 0.3) is 10.8 Å². The number of pyridine rings is 1. The first-order chi connectivity index (χ1) is 9.42. The van der Waals surface area contributed by atoms with Gasteiger partial charge in [0.2, 0.25) is 0 Å². The number of aromatic nitrogens is 1. The van der Waals surface area contributed by atoms with Gasteiger partial charge in [0.1, 0.15) is 0 Å². The van der Waals surface area contributed by atoms with E-state index in [1.165, 1.54) is 0 Å². The van der Waals surface area contributed by atoms with Gasteiger partial charge >= 0.3 is 0 Å². The van der Waals surface area contributed by atoms with Crippen molar-refractivity contribution in [1.29, 1.82) is 0 Å². The van der Waals surface area contributed by atoms with E-state index in [1.807, 2.05) is 24.5 Å². The molecule has 3 rings (SSSR count). The molecule has 1 aromatic heterocycles. The summed E-state index contributed by atoms with van der Waals surface area (Å²) in [5.74, 6) is 0.261. The predicted molar refractivity (Wildman–Crippen MR) is 82.4 cm³/mol. The maximum absolute atomic E-state index is 11.3. The first-order valence-electron chi connectivity index (χ1n) is 7.48. The minimum atomic E-state index is -0.724. The number of rotatable bonds is 1. The summed E-state index contributed by atoms with van der Waals surface area (Å²) in [7, 11) is 0. The highest BCUT2D eigenvalue weighted by molar-refractivity contribution is 5.85. The van der Waals surface area contributed by atoms with Crippen LogP contribution in [0.5, 0.6) is 0 Å². The Morgan fingerprint density at radius 3 is 2.75 bits per heavy atom. The van der Waals surface area contributed by atoms with E-state index in [4.69, 9.17) is 0 Å². The van der Waals surface area contributed by atoms with Gasteiger partial charge in [0.25, 0.3) is 0 Å². The average molecular weight is 269 g/mol. The fourth-order valence-corrected chi connectivity index (χ4v) is 3.77. The highest BCUT2D eigenvalue weighted by Crippen LogP contribution is 2.49. The minimum Gasteiger partial charge on any atom is -0.385 e. The highest BCUT2D eigenvalue weighted by Gasteiger charge is 2.44. The highest BCUT2D eigenvalue weighted by atomic mass is 16.3. The molecular formula is C18H23NO. The number of hydrogen-bond acceptors (Lipinski definition) is 2. The van der Waals surface area contributed by atoms with E-state index in [-0.39, 0.29) is 5.92 Å². The molecule has 20 heavy (non-hydrogen) atoms. The van der Waals surface area contributed by atoms with E-state index in [2.05, 4.69) is 37.9 Å². The summed E-state index contributed by atoms with van der Waals surface area (Å²) >= 11 is 0. The van der Waals surface area contributed by atoms with Crippen molar-refractivity contribution < 1.29 is 5.11 Å². The molecule has 0 aliphatic heterocycles. The molecule has 2 unspecified atom stereocenters. The fourth-order valence-electron chi connectivity index (χ4n) is 3.77. The molecule has 1 aliphatic carbocycles. The van der Waals surface area contributed by atoms with Crippen LogP contribution in [0.3, 0.4) is 0 Å². The van der Waals surface area contributed by atoms with Gasteiger partial charge in [-0.3, -0.25) is 4.98 Å². The van der Waals surface area contributed by atoms with Crippen molar-refractivity contribution in [2.45, 2.75) is 45.6 Å². The third-order valence-electron chi connectivity index (χ3n) is 5.01. The van der Waals surface area contributed by atoms with Crippen molar-refractivity contribution in [3.63, 3.8) is 0 Å². The second-order valence-corrected chi connectivity index (χ2v) is 7.10. The van der Waals surface area contributed by atoms with Crippen LogP contribution in [0, 0.1) is 11.3 Å². The zero-order valence-corrected chi connectivity index (χ0v) is 12.6. The first-order valence-corrected chi connectivity index (χ1v) is 7.48. The topological polar surface area (TPSA) is 33.1 Å². The van der Waals surface area contributed by atoms with Crippen LogP contribution in [-0.2, 0) is 5.60 Å². The summed E-state index contributed by atoms with van der Waals surface area (Å²) < 4.78 is 0.